The van der Waals surface area contributed by atoms with Gasteiger partial charge in [0.25, 0.3) is 5.97 Å². The Morgan fingerprint density at radius 2 is 1.65 bits per heavy atom. The van der Waals surface area contributed by atoms with Crippen LogP contribution in [0.15, 0.2) is 0 Å². The molecule has 0 bridgehead atoms. The summed E-state index contributed by atoms with van der Waals surface area (Å²) in [7, 11) is 0. The highest BCUT2D eigenvalue weighted by molar-refractivity contribution is 5.62. The predicted molar refractivity (Wildman–Crippen MR) is 66.2 cm³/mol. The van der Waals surface area contributed by atoms with E-state index in [-0.39, 0.29) is 0 Å². The molecule has 5 heteroatoms. The van der Waals surface area contributed by atoms with Crippen molar-refractivity contribution in [1.29, 1.82) is 0 Å². The Bertz CT molecular complexity index is 192. The van der Waals surface area contributed by atoms with Gasteiger partial charge in [0.15, 0.2) is 0 Å². The van der Waals surface area contributed by atoms with Crippen molar-refractivity contribution in [3.63, 3.8) is 0 Å². The Balaban J connectivity index is 0.000000317. The molecule has 2 heterocycles. The summed E-state index contributed by atoms with van der Waals surface area (Å²) in [5.41, 5.74) is 0. The van der Waals surface area contributed by atoms with E-state index in [4.69, 9.17) is 14.6 Å². The Morgan fingerprint density at radius 3 is 2.18 bits per heavy atom. The summed E-state index contributed by atoms with van der Waals surface area (Å²) < 4.78 is 5.34. The van der Waals surface area contributed by atoms with Gasteiger partial charge in [0.1, 0.15) is 0 Å². The SMILES string of the molecule is C1CC(NC2CCOCC2)CCN1.CC(=O)O. The van der Waals surface area contributed by atoms with Crippen LogP contribution in [0.1, 0.15) is 32.6 Å². The molecular weight excluding hydrogens is 220 g/mol. The standard InChI is InChI=1S/C10H20N2O.C2H4O2/c1-5-11-6-2-9(1)12-10-3-7-13-8-4-10;1-2(3)4/h9-12H,1-8H2;1H3,(H,3,4). The second-order valence-electron chi connectivity index (χ2n) is 4.60. The summed E-state index contributed by atoms with van der Waals surface area (Å²) in [6.07, 6.45) is 4.97. The van der Waals surface area contributed by atoms with E-state index in [1.54, 1.807) is 0 Å². The third-order valence-electron chi connectivity index (χ3n) is 3.03. The van der Waals surface area contributed by atoms with E-state index in [2.05, 4.69) is 10.6 Å². The number of carboxylic acid groups (broad SMARTS) is 1. The summed E-state index contributed by atoms with van der Waals surface area (Å²) in [5.74, 6) is -0.833. The van der Waals surface area contributed by atoms with Crippen LogP contribution in [0.3, 0.4) is 0 Å². The largest absolute Gasteiger partial charge is 0.481 e. The average molecular weight is 244 g/mol. The lowest BCUT2D eigenvalue weighted by Crippen LogP contribution is -2.46. The molecule has 0 aromatic rings. The number of carboxylic acids is 1. The van der Waals surface area contributed by atoms with Gasteiger partial charge in [-0.15, -0.1) is 0 Å². The summed E-state index contributed by atoms with van der Waals surface area (Å²) >= 11 is 0. The summed E-state index contributed by atoms with van der Waals surface area (Å²) in [6, 6.07) is 1.47. The van der Waals surface area contributed by atoms with Crippen LogP contribution in [0.25, 0.3) is 0 Å². The van der Waals surface area contributed by atoms with Crippen LogP contribution in [0.5, 0.6) is 0 Å². The van der Waals surface area contributed by atoms with Gasteiger partial charge in [0, 0.05) is 32.2 Å². The molecule has 0 unspecified atom stereocenters. The lowest BCUT2D eigenvalue weighted by atomic mass is 10.0. The fourth-order valence-corrected chi connectivity index (χ4v) is 2.19. The van der Waals surface area contributed by atoms with Gasteiger partial charge in [-0.25, -0.2) is 0 Å². The first-order valence-corrected chi connectivity index (χ1v) is 6.42. The van der Waals surface area contributed by atoms with Crippen molar-refractivity contribution in [2.45, 2.75) is 44.7 Å². The van der Waals surface area contributed by atoms with E-state index in [9.17, 15) is 0 Å². The molecule has 0 spiro atoms. The zero-order valence-electron chi connectivity index (χ0n) is 10.6. The number of piperidine rings is 1. The minimum absolute atomic E-state index is 0.719. The minimum Gasteiger partial charge on any atom is -0.481 e. The van der Waals surface area contributed by atoms with Crippen LogP contribution in [0.4, 0.5) is 0 Å². The van der Waals surface area contributed by atoms with Crippen LogP contribution in [-0.2, 0) is 9.53 Å². The highest BCUT2D eigenvalue weighted by Gasteiger charge is 2.19. The summed E-state index contributed by atoms with van der Waals surface area (Å²) in [4.78, 5) is 9.00. The van der Waals surface area contributed by atoms with E-state index in [0.29, 0.717) is 0 Å². The number of nitrogens with one attached hydrogen (secondary N) is 2. The maximum Gasteiger partial charge on any atom is 0.300 e. The van der Waals surface area contributed by atoms with Crippen molar-refractivity contribution in [2.75, 3.05) is 26.3 Å². The number of ether oxygens (including phenoxy) is 1. The second-order valence-corrected chi connectivity index (χ2v) is 4.60. The number of rotatable bonds is 2. The van der Waals surface area contributed by atoms with Gasteiger partial charge in [-0.2, -0.15) is 0 Å². The molecule has 17 heavy (non-hydrogen) atoms. The van der Waals surface area contributed by atoms with Crippen molar-refractivity contribution >= 4 is 5.97 Å². The Labute approximate surface area is 103 Å². The van der Waals surface area contributed by atoms with E-state index in [0.717, 1.165) is 32.2 Å². The van der Waals surface area contributed by atoms with Crippen molar-refractivity contribution in [3.05, 3.63) is 0 Å². The third-order valence-corrected chi connectivity index (χ3v) is 3.03. The number of hydrogen-bond acceptors (Lipinski definition) is 4. The molecule has 0 radical (unpaired) electrons. The molecule has 2 fully saturated rings. The van der Waals surface area contributed by atoms with Gasteiger partial charge >= 0.3 is 0 Å². The molecule has 2 aliphatic rings. The van der Waals surface area contributed by atoms with Crippen LogP contribution in [0.2, 0.25) is 0 Å². The lowest BCUT2D eigenvalue weighted by Gasteiger charge is -2.31. The number of aliphatic carboxylic acids is 1. The van der Waals surface area contributed by atoms with Crippen LogP contribution < -0.4 is 10.6 Å². The quantitative estimate of drug-likeness (QED) is 0.663. The summed E-state index contributed by atoms with van der Waals surface area (Å²) in [6.45, 7) is 5.34. The highest BCUT2D eigenvalue weighted by atomic mass is 16.5. The number of carbonyl (C=O) groups is 1. The normalized spacial score (nSPS) is 22.6. The van der Waals surface area contributed by atoms with Crippen LogP contribution in [-0.4, -0.2) is 49.5 Å². The topological polar surface area (TPSA) is 70.6 Å². The first kappa shape index (κ1) is 14.4. The molecule has 0 saturated carbocycles. The van der Waals surface area contributed by atoms with E-state index in [1.807, 2.05) is 0 Å². The molecule has 2 rings (SSSR count). The Kier molecular flexibility index (Phi) is 7.16. The van der Waals surface area contributed by atoms with Crippen molar-refractivity contribution in [2.24, 2.45) is 0 Å². The second kappa shape index (κ2) is 8.44. The molecule has 0 aliphatic carbocycles. The van der Waals surface area contributed by atoms with Crippen molar-refractivity contribution in [1.82, 2.24) is 10.6 Å². The molecule has 2 saturated heterocycles. The van der Waals surface area contributed by atoms with Crippen molar-refractivity contribution in [3.8, 4) is 0 Å². The monoisotopic (exact) mass is 244 g/mol. The fourth-order valence-electron chi connectivity index (χ4n) is 2.19. The van der Waals surface area contributed by atoms with Crippen LogP contribution >= 0.6 is 0 Å². The molecule has 0 aromatic carbocycles. The molecule has 0 amide bonds. The van der Waals surface area contributed by atoms with Gasteiger partial charge in [-0.05, 0) is 38.8 Å². The molecule has 2 aliphatic heterocycles. The van der Waals surface area contributed by atoms with Gasteiger partial charge in [0.2, 0.25) is 0 Å². The van der Waals surface area contributed by atoms with E-state index < -0.39 is 5.97 Å². The van der Waals surface area contributed by atoms with Crippen LogP contribution in [0, 0.1) is 0 Å². The maximum absolute atomic E-state index is 9.00. The van der Waals surface area contributed by atoms with E-state index >= 15 is 0 Å². The third kappa shape index (κ3) is 7.31. The average Bonchev–Trinajstić information content (AvgIpc) is 2.31. The molecular formula is C12H24N2O3. The lowest BCUT2D eigenvalue weighted by molar-refractivity contribution is -0.134. The number of hydrogen-bond donors (Lipinski definition) is 3. The van der Waals surface area contributed by atoms with Gasteiger partial charge < -0.3 is 20.5 Å². The van der Waals surface area contributed by atoms with E-state index in [1.165, 1.54) is 38.8 Å². The van der Waals surface area contributed by atoms with Crippen molar-refractivity contribution < 1.29 is 14.6 Å². The smallest absolute Gasteiger partial charge is 0.300 e. The van der Waals surface area contributed by atoms with Gasteiger partial charge in [-0.3, -0.25) is 4.79 Å². The Morgan fingerprint density at radius 1 is 1.18 bits per heavy atom. The zero-order chi connectivity index (χ0) is 12.5. The van der Waals surface area contributed by atoms with Gasteiger partial charge in [-0.1, -0.05) is 0 Å². The molecule has 0 atom stereocenters. The first-order valence-electron chi connectivity index (χ1n) is 6.42. The maximum atomic E-state index is 9.00. The van der Waals surface area contributed by atoms with Gasteiger partial charge in [0.05, 0.1) is 0 Å². The highest BCUT2D eigenvalue weighted by Crippen LogP contribution is 2.10. The fraction of sp³-hybridized carbons (Fsp3) is 0.917. The molecule has 0 aromatic heterocycles. The molecule has 5 nitrogen and oxygen atoms in total. The zero-order valence-corrected chi connectivity index (χ0v) is 10.6. The first-order chi connectivity index (χ1) is 8.18. The molecule has 100 valence electrons. The Hall–Kier alpha value is -0.650. The molecule has 3 N–H and O–H groups in total. The summed E-state index contributed by atoms with van der Waals surface area (Å²) in [5, 5.41) is 14.5. The minimum atomic E-state index is -0.833. The predicted octanol–water partition coefficient (Wildman–Crippen LogP) is 0.598.